The van der Waals surface area contributed by atoms with Crippen molar-refractivity contribution >= 4 is 27.3 Å². The Morgan fingerprint density at radius 1 is 1.22 bits per heavy atom. The first kappa shape index (κ1) is 19.4. The third-order valence-corrected chi connectivity index (χ3v) is 6.50. The molecule has 0 aliphatic carbocycles. The minimum absolute atomic E-state index is 0.0565. The number of benzene rings is 2. The van der Waals surface area contributed by atoms with E-state index in [4.69, 9.17) is 0 Å². The van der Waals surface area contributed by atoms with Crippen LogP contribution in [0.5, 0.6) is 0 Å². The average Bonchev–Trinajstić information content (AvgIpc) is 2.66. The number of carbonyl (C=O) groups excluding carboxylic acids is 1. The second kappa shape index (κ2) is 8.08. The number of aryl methyl sites for hydroxylation is 2. The first-order chi connectivity index (χ1) is 12.9. The third-order valence-electron chi connectivity index (χ3n) is 4.72. The predicted molar refractivity (Wildman–Crippen MR) is 105 cm³/mol. The number of nitrogens with one attached hydrogen (secondary N) is 1. The van der Waals surface area contributed by atoms with Gasteiger partial charge in [0.15, 0.2) is 0 Å². The van der Waals surface area contributed by atoms with Crippen LogP contribution < -0.4 is 9.62 Å². The molecule has 2 aromatic carbocycles. The lowest BCUT2D eigenvalue weighted by Crippen LogP contribution is -2.36. The molecule has 0 atom stereocenters. The molecule has 5 nitrogen and oxygen atoms in total. The average molecular weight is 390 g/mol. The molecular formula is C20H23FN2O3S. The number of anilines is 2. The van der Waals surface area contributed by atoms with E-state index in [1.807, 2.05) is 6.07 Å². The minimum Gasteiger partial charge on any atom is -0.326 e. The molecule has 0 saturated carbocycles. The van der Waals surface area contributed by atoms with Crippen LogP contribution in [0.3, 0.4) is 0 Å². The first-order valence-electron chi connectivity index (χ1n) is 9.07. The summed E-state index contributed by atoms with van der Waals surface area (Å²) in [5, 5.41) is 2.82. The fraction of sp³-hybridized carbons (Fsp3) is 0.350. The molecule has 27 heavy (non-hydrogen) atoms. The fourth-order valence-electron chi connectivity index (χ4n) is 3.26. The molecule has 1 heterocycles. The lowest BCUT2D eigenvalue weighted by atomic mass is 10.0. The molecule has 0 unspecified atom stereocenters. The number of nitrogens with zero attached hydrogens (tertiary/aromatic N) is 1. The minimum atomic E-state index is -3.30. The topological polar surface area (TPSA) is 66.5 Å². The van der Waals surface area contributed by atoms with E-state index < -0.39 is 10.0 Å². The van der Waals surface area contributed by atoms with Crippen molar-refractivity contribution in [2.75, 3.05) is 21.9 Å². The Morgan fingerprint density at radius 3 is 2.74 bits per heavy atom. The van der Waals surface area contributed by atoms with Gasteiger partial charge in [-0.15, -0.1) is 0 Å². The van der Waals surface area contributed by atoms with Gasteiger partial charge < -0.3 is 5.32 Å². The molecule has 0 radical (unpaired) electrons. The Hall–Kier alpha value is -2.41. The van der Waals surface area contributed by atoms with Crippen molar-refractivity contribution in [2.45, 2.75) is 32.6 Å². The number of amides is 1. The standard InChI is InChI=1S/C20H23FN2O3S/c1-2-27(25,26)23-13-5-7-16-14-17(10-11-19(16)23)22-20(24)12-9-15-6-3-4-8-18(15)21/h3-4,6,8,10-11,14H,2,5,7,9,12-13H2,1H3,(H,22,24). The highest BCUT2D eigenvalue weighted by Gasteiger charge is 2.26. The van der Waals surface area contributed by atoms with Crippen LogP contribution in [0.2, 0.25) is 0 Å². The quantitative estimate of drug-likeness (QED) is 0.821. The Kier molecular flexibility index (Phi) is 5.79. The summed E-state index contributed by atoms with van der Waals surface area (Å²) in [6.07, 6.45) is 2.02. The van der Waals surface area contributed by atoms with Crippen molar-refractivity contribution in [3.05, 3.63) is 59.4 Å². The van der Waals surface area contributed by atoms with E-state index >= 15 is 0 Å². The number of fused-ring (bicyclic) bond motifs is 1. The van der Waals surface area contributed by atoms with Crippen LogP contribution in [0.4, 0.5) is 15.8 Å². The van der Waals surface area contributed by atoms with E-state index in [-0.39, 0.29) is 23.9 Å². The van der Waals surface area contributed by atoms with Gasteiger partial charge in [-0.1, -0.05) is 18.2 Å². The van der Waals surface area contributed by atoms with E-state index in [9.17, 15) is 17.6 Å². The van der Waals surface area contributed by atoms with Crippen LogP contribution in [-0.4, -0.2) is 26.6 Å². The molecular weight excluding hydrogens is 367 g/mol. The van der Waals surface area contributed by atoms with Gasteiger partial charge in [-0.3, -0.25) is 9.10 Å². The zero-order valence-electron chi connectivity index (χ0n) is 15.2. The van der Waals surface area contributed by atoms with Gasteiger partial charge in [0.2, 0.25) is 15.9 Å². The Labute approximate surface area is 159 Å². The summed E-state index contributed by atoms with van der Waals surface area (Å²) in [5.41, 5.74) is 2.74. The van der Waals surface area contributed by atoms with Crippen LogP contribution in [0.15, 0.2) is 42.5 Å². The molecule has 0 spiro atoms. The second-order valence-electron chi connectivity index (χ2n) is 6.56. The highest BCUT2D eigenvalue weighted by Crippen LogP contribution is 2.31. The number of carbonyl (C=O) groups is 1. The molecule has 1 N–H and O–H groups in total. The van der Waals surface area contributed by atoms with Crippen molar-refractivity contribution in [3.8, 4) is 0 Å². The monoisotopic (exact) mass is 390 g/mol. The van der Waals surface area contributed by atoms with Crippen LogP contribution in [0, 0.1) is 5.82 Å². The van der Waals surface area contributed by atoms with E-state index in [2.05, 4.69) is 5.32 Å². The summed E-state index contributed by atoms with van der Waals surface area (Å²) in [5.74, 6) is -0.454. The molecule has 0 aromatic heterocycles. The summed E-state index contributed by atoms with van der Waals surface area (Å²) in [4.78, 5) is 12.2. The second-order valence-corrected chi connectivity index (χ2v) is 8.74. The smallest absolute Gasteiger partial charge is 0.234 e. The summed E-state index contributed by atoms with van der Waals surface area (Å²) in [7, 11) is -3.30. The fourth-order valence-corrected chi connectivity index (χ4v) is 4.45. The first-order valence-corrected chi connectivity index (χ1v) is 10.7. The van der Waals surface area contributed by atoms with Gasteiger partial charge in [-0.25, -0.2) is 12.8 Å². The number of rotatable bonds is 6. The van der Waals surface area contributed by atoms with Crippen molar-refractivity contribution in [1.82, 2.24) is 0 Å². The van der Waals surface area contributed by atoms with Gasteiger partial charge in [0.1, 0.15) is 5.82 Å². The zero-order chi connectivity index (χ0) is 19.4. The molecule has 0 fully saturated rings. The molecule has 0 saturated heterocycles. The van der Waals surface area contributed by atoms with Crippen molar-refractivity contribution in [2.24, 2.45) is 0 Å². The zero-order valence-corrected chi connectivity index (χ0v) is 16.1. The Balaban J connectivity index is 1.68. The number of hydrogen-bond donors (Lipinski definition) is 1. The van der Waals surface area contributed by atoms with E-state index in [1.165, 1.54) is 10.4 Å². The van der Waals surface area contributed by atoms with Crippen LogP contribution in [-0.2, 0) is 27.7 Å². The van der Waals surface area contributed by atoms with Gasteiger partial charge in [0.25, 0.3) is 0 Å². The number of hydrogen-bond acceptors (Lipinski definition) is 3. The van der Waals surface area contributed by atoms with Crippen molar-refractivity contribution in [3.63, 3.8) is 0 Å². The largest absolute Gasteiger partial charge is 0.326 e. The molecule has 7 heteroatoms. The number of halogens is 1. The Bertz CT molecular complexity index is 944. The van der Waals surface area contributed by atoms with E-state index in [0.717, 1.165) is 18.4 Å². The van der Waals surface area contributed by atoms with Crippen LogP contribution in [0.1, 0.15) is 30.9 Å². The lowest BCUT2D eigenvalue weighted by Gasteiger charge is -2.30. The van der Waals surface area contributed by atoms with E-state index in [0.29, 0.717) is 29.9 Å². The van der Waals surface area contributed by atoms with Crippen molar-refractivity contribution in [1.29, 1.82) is 0 Å². The highest BCUT2D eigenvalue weighted by molar-refractivity contribution is 7.92. The maximum Gasteiger partial charge on any atom is 0.234 e. The lowest BCUT2D eigenvalue weighted by molar-refractivity contribution is -0.116. The van der Waals surface area contributed by atoms with Crippen LogP contribution >= 0.6 is 0 Å². The predicted octanol–water partition coefficient (Wildman–Crippen LogP) is 3.50. The summed E-state index contributed by atoms with van der Waals surface area (Å²) >= 11 is 0. The Morgan fingerprint density at radius 2 is 2.00 bits per heavy atom. The molecule has 144 valence electrons. The maximum atomic E-state index is 13.6. The summed E-state index contributed by atoms with van der Waals surface area (Å²) in [6.45, 7) is 2.12. The van der Waals surface area contributed by atoms with Gasteiger partial charge in [0, 0.05) is 18.7 Å². The summed E-state index contributed by atoms with van der Waals surface area (Å²) < 4.78 is 39.6. The molecule has 1 aliphatic rings. The molecule has 1 amide bonds. The van der Waals surface area contributed by atoms with E-state index in [1.54, 1.807) is 37.3 Å². The molecule has 0 bridgehead atoms. The van der Waals surface area contributed by atoms with Gasteiger partial charge >= 0.3 is 0 Å². The molecule has 3 rings (SSSR count). The van der Waals surface area contributed by atoms with Gasteiger partial charge in [-0.2, -0.15) is 0 Å². The molecule has 1 aliphatic heterocycles. The highest BCUT2D eigenvalue weighted by atomic mass is 32.2. The summed E-state index contributed by atoms with van der Waals surface area (Å²) in [6, 6.07) is 11.7. The van der Waals surface area contributed by atoms with Gasteiger partial charge in [-0.05, 0) is 61.6 Å². The van der Waals surface area contributed by atoms with Gasteiger partial charge in [0.05, 0.1) is 11.4 Å². The van der Waals surface area contributed by atoms with Crippen LogP contribution in [0.25, 0.3) is 0 Å². The molecule has 2 aromatic rings. The number of sulfonamides is 1. The third kappa shape index (κ3) is 4.47. The van der Waals surface area contributed by atoms with Crippen molar-refractivity contribution < 1.29 is 17.6 Å². The normalized spacial score (nSPS) is 13.9. The SMILES string of the molecule is CCS(=O)(=O)N1CCCc2cc(NC(=O)CCc3ccccc3F)ccc21. The maximum absolute atomic E-state index is 13.6.